The number of hydrogen-bond donors (Lipinski definition) is 1. The molecule has 112 valence electrons. The Hall–Kier alpha value is -1.21. The first kappa shape index (κ1) is 16.8. The van der Waals surface area contributed by atoms with Crippen molar-refractivity contribution in [1.82, 2.24) is 0 Å². The predicted molar refractivity (Wildman–Crippen MR) is 70.0 cm³/mol. The molecule has 1 N–H and O–H groups in total. The summed E-state index contributed by atoms with van der Waals surface area (Å²) in [5.74, 6) is -0.233. The van der Waals surface area contributed by atoms with Crippen LogP contribution in [-0.2, 0) is 16.0 Å². The van der Waals surface area contributed by atoms with Crippen LogP contribution in [0.2, 0.25) is 0 Å². The van der Waals surface area contributed by atoms with Gasteiger partial charge >= 0.3 is 12.1 Å². The molecule has 0 saturated heterocycles. The first-order valence-electron chi connectivity index (χ1n) is 5.95. The molecule has 0 amide bonds. The van der Waals surface area contributed by atoms with E-state index in [0.717, 1.165) is 10.5 Å². The standard InChI is InChI=1S/C13H15F3O3S/c14-13(15,16)9-19-6-1-7-20-11-4-2-10(3-5-11)8-12(17)18/h2-5H,1,6-9H2,(H,17,18). The highest BCUT2D eigenvalue weighted by atomic mass is 32.2. The van der Waals surface area contributed by atoms with Gasteiger partial charge in [-0.15, -0.1) is 11.8 Å². The fraction of sp³-hybridized carbons (Fsp3) is 0.462. The molecule has 0 bridgehead atoms. The van der Waals surface area contributed by atoms with E-state index in [4.69, 9.17) is 5.11 Å². The summed E-state index contributed by atoms with van der Waals surface area (Å²) in [5, 5.41) is 8.62. The van der Waals surface area contributed by atoms with Gasteiger partial charge in [-0.2, -0.15) is 13.2 Å². The van der Waals surface area contributed by atoms with Crippen molar-refractivity contribution in [2.45, 2.75) is 23.9 Å². The highest BCUT2D eigenvalue weighted by molar-refractivity contribution is 7.99. The van der Waals surface area contributed by atoms with Gasteiger partial charge in [-0.3, -0.25) is 4.79 Å². The van der Waals surface area contributed by atoms with E-state index in [9.17, 15) is 18.0 Å². The van der Waals surface area contributed by atoms with Crippen LogP contribution < -0.4 is 0 Å². The maximum atomic E-state index is 11.8. The minimum atomic E-state index is -4.27. The molecule has 0 heterocycles. The molecular formula is C13H15F3O3S. The van der Waals surface area contributed by atoms with Gasteiger partial charge in [0.25, 0.3) is 0 Å². The van der Waals surface area contributed by atoms with Gasteiger partial charge < -0.3 is 9.84 Å². The molecule has 0 atom stereocenters. The largest absolute Gasteiger partial charge is 0.481 e. The number of carboxylic acids is 1. The molecule has 7 heteroatoms. The Morgan fingerprint density at radius 2 is 1.90 bits per heavy atom. The first-order chi connectivity index (χ1) is 9.37. The van der Waals surface area contributed by atoms with Gasteiger partial charge in [0.1, 0.15) is 6.61 Å². The van der Waals surface area contributed by atoms with Crippen molar-refractivity contribution in [2.75, 3.05) is 19.0 Å². The lowest BCUT2D eigenvalue weighted by Gasteiger charge is -2.07. The maximum absolute atomic E-state index is 11.8. The third-order valence-electron chi connectivity index (χ3n) is 2.25. The van der Waals surface area contributed by atoms with Crippen LogP contribution in [0.4, 0.5) is 13.2 Å². The first-order valence-corrected chi connectivity index (χ1v) is 6.93. The SMILES string of the molecule is O=C(O)Cc1ccc(SCCCOCC(F)(F)F)cc1. The van der Waals surface area contributed by atoms with E-state index >= 15 is 0 Å². The smallest absolute Gasteiger partial charge is 0.411 e. The molecule has 0 aliphatic rings. The van der Waals surface area contributed by atoms with Crippen LogP contribution in [0, 0.1) is 0 Å². The minimum absolute atomic E-state index is 0.0176. The maximum Gasteiger partial charge on any atom is 0.411 e. The van der Waals surface area contributed by atoms with Gasteiger partial charge in [-0.25, -0.2) is 0 Å². The molecule has 0 spiro atoms. The number of thioether (sulfide) groups is 1. The topological polar surface area (TPSA) is 46.5 Å². The molecule has 20 heavy (non-hydrogen) atoms. The summed E-state index contributed by atoms with van der Waals surface area (Å²) in [6.07, 6.45) is -3.76. The van der Waals surface area contributed by atoms with Crippen molar-refractivity contribution >= 4 is 17.7 Å². The molecular weight excluding hydrogens is 293 g/mol. The van der Waals surface area contributed by atoms with Gasteiger partial charge in [-0.05, 0) is 24.1 Å². The number of hydrogen-bond acceptors (Lipinski definition) is 3. The van der Waals surface area contributed by atoms with Crippen LogP contribution in [0.1, 0.15) is 12.0 Å². The second-order valence-electron chi connectivity index (χ2n) is 4.08. The Morgan fingerprint density at radius 1 is 1.25 bits per heavy atom. The van der Waals surface area contributed by atoms with Crippen molar-refractivity contribution in [1.29, 1.82) is 0 Å². The van der Waals surface area contributed by atoms with Gasteiger partial charge in [0.05, 0.1) is 6.42 Å². The molecule has 0 fully saturated rings. The Bertz CT molecular complexity index is 418. The molecule has 3 nitrogen and oxygen atoms in total. The Labute approximate surface area is 119 Å². The highest BCUT2D eigenvalue weighted by Gasteiger charge is 2.27. The summed E-state index contributed by atoms with van der Waals surface area (Å²) >= 11 is 1.50. The predicted octanol–water partition coefficient (Wildman–Crippen LogP) is 3.37. The highest BCUT2D eigenvalue weighted by Crippen LogP contribution is 2.20. The average Bonchev–Trinajstić information content (AvgIpc) is 2.33. The molecule has 0 aliphatic carbocycles. The van der Waals surface area contributed by atoms with Crippen molar-refractivity contribution in [2.24, 2.45) is 0 Å². The van der Waals surface area contributed by atoms with E-state index in [2.05, 4.69) is 4.74 Å². The summed E-state index contributed by atoms with van der Waals surface area (Å²) in [7, 11) is 0. The van der Waals surface area contributed by atoms with Crippen LogP contribution in [0.15, 0.2) is 29.2 Å². The monoisotopic (exact) mass is 308 g/mol. The van der Waals surface area contributed by atoms with Crippen molar-refractivity contribution in [3.63, 3.8) is 0 Å². The number of halogens is 3. The normalized spacial score (nSPS) is 11.6. The number of carboxylic acid groups (broad SMARTS) is 1. The summed E-state index contributed by atoms with van der Waals surface area (Å²) in [4.78, 5) is 11.5. The number of carbonyl (C=O) groups is 1. The van der Waals surface area contributed by atoms with Crippen LogP contribution in [0.25, 0.3) is 0 Å². The number of aliphatic carboxylic acids is 1. The molecule has 0 unspecified atom stereocenters. The van der Waals surface area contributed by atoms with Crippen LogP contribution >= 0.6 is 11.8 Å². The quantitative estimate of drug-likeness (QED) is 0.591. The molecule has 0 saturated carbocycles. The fourth-order valence-electron chi connectivity index (χ4n) is 1.42. The lowest BCUT2D eigenvalue weighted by atomic mass is 10.2. The molecule has 1 rings (SSSR count). The third-order valence-corrected chi connectivity index (χ3v) is 3.34. The summed E-state index contributed by atoms with van der Waals surface area (Å²) in [6.45, 7) is -1.13. The molecule has 1 aromatic rings. The Balaban J connectivity index is 2.17. The van der Waals surface area contributed by atoms with Crippen LogP contribution in [0.3, 0.4) is 0 Å². The zero-order chi connectivity index (χ0) is 15.0. The molecule has 0 aromatic heterocycles. The van der Waals surface area contributed by atoms with E-state index in [1.165, 1.54) is 11.8 Å². The Morgan fingerprint density at radius 3 is 2.45 bits per heavy atom. The zero-order valence-electron chi connectivity index (χ0n) is 10.7. The number of ether oxygens (including phenoxy) is 1. The summed E-state index contributed by atoms with van der Waals surface area (Å²) in [5.41, 5.74) is 0.718. The van der Waals surface area contributed by atoms with Gasteiger partial charge in [0, 0.05) is 17.3 Å². The molecule has 0 radical (unpaired) electrons. The fourth-order valence-corrected chi connectivity index (χ4v) is 2.24. The second kappa shape index (κ2) is 8.16. The van der Waals surface area contributed by atoms with E-state index in [1.807, 2.05) is 0 Å². The second-order valence-corrected chi connectivity index (χ2v) is 5.25. The van der Waals surface area contributed by atoms with Crippen LogP contribution in [-0.4, -0.2) is 36.2 Å². The van der Waals surface area contributed by atoms with E-state index in [0.29, 0.717) is 12.2 Å². The number of rotatable bonds is 8. The van der Waals surface area contributed by atoms with Gasteiger partial charge in [0.2, 0.25) is 0 Å². The number of alkyl halides is 3. The van der Waals surface area contributed by atoms with E-state index in [1.54, 1.807) is 24.3 Å². The Kier molecular flexibility index (Phi) is 6.87. The zero-order valence-corrected chi connectivity index (χ0v) is 11.5. The van der Waals surface area contributed by atoms with Crippen LogP contribution in [0.5, 0.6) is 0 Å². The third kappa shape index (κ3) is 8.06. The van der Waals surface area contributed by atoms with Crippen molar-refractivity contribution in [3.05, 3.63) is 29.8 Å². The minimum Gasteiger partial charge on any atom is -0.481 e. The summed E-state index contributed by atoms with van der Waals surface area (Å²) < 4.78 is 39.9. The number of benzene rings is 1. The lowest BCUT2D eigenvalue weighted by molar-refractivity contribution is -0.173. The van der Waals surface area contributed by atoms with Gasteiger partial charge in [0.15, 0.2) is 0 Å². The van der Waals surface area contributed by atoms with E-state index < -0.39 is 18.8 Å². The lowest BCUT2D eigenvalue weighted by Crippen LogP contribution is -2.17. The van der Waals surface area contributed by atoms with E-state index in [-0.39, 0.29) is 13.0 Å². The summed E-state index contributed by atoms with van der Waals surface area (Å²) in [6, 6.07) is 7.08. The average molecular weight is 308 g/mol. The molecule has 0 aliphatic heterocycles. The van der Waals surface area contributed by atoms with Gasteiger partial charge in [-0.1, -0.05) is 12.1 Å². The molecule has 1 aromatic carbocycles. The van der Waals surface area contributed by atoms with Crippen molar-refractivity contribution in [3.8, 4) is 0 Å². The van der Waals surface area contributed by atoms with Crippen molar-refractivity contribution < 1.29 is 27.8 Å².